The number of fused-ring (bicyclic) bond motifs is 3. The van der Waals surface area contributed by atoms with Gasteiger partial charge in [-0.3, -0.25) is 4.79 Å². The molecule has 0 radical (unpaired) electrons. The van der Waals surface area contributed by atoms with Crippen LogP contribution in [-0.4, -0.2) is 34.0 Å². The van der Waals surface area contributed by atoms with Gasteiger partial charge in [0.25, 0.3) is 0 Å². The van der Waals surface area contributed by atoms with Crippen molar-refractivity contribution in [3.05, 3.63) is 23.3 Å². The van der Waals surface area contributed by atoms with Gasteiger partial charge in [0.05, 0.1) is 18.1 Å². The molecule has 1 saturated carbocycles. The van der Waals surface area contributed by atoms with Crippen LogP contribution in [0.15, 0.2) is 23.3 Å². The molecule has 0 amide bonds. The largest absolute Gasteiger partial charge is 0.481 e. The quantitative estimate of drug-likeness (QED) is 0.672. The Kier molecular flexibility index (Phi) is 6.96. The summed E-state index contributed by atoms with van der Waals surface area (Å²) in [6, 6.07) is 0. The maximum absolute atomic E-state index is 11.9. The van der Waals surface area contributed by atoms with E-state index in [-0.39, 0.29) is 17.9 Å². The average Bonchev–Trinajstić information content (AvgIpc) is 2.61. The molecule has 3 rings (SSSR count). The van der Waals surface area contributed by atoms with Crippen LogP contribution in [0.2, 0.25) is 0 Å². The van der Waals surface area contributed by atoms with Gasteiger partial charge in [0.2, 0.25) is 0 Å². The van der Waals surface area contributed by atoms with Crippen molar-refractivity contribution in [1.82, 2.24) is 0 Å². The van der Waals surface area contributed by atoms with Crippen LogP contribution in [0.1, 0.15) is 73.1 Å². The molecule has 0 aromatic rings. The fraction of sp³-hybridized carbons (Fsp3) is 0.783. The summed E-state index contributed by atoms with van der Waals surface area (Å²) in [5, 5.41) is 25.8. The van der Waals surface area contributed by atoms with Crippen LogP contribution in [0.3, 0.4) is 0 Å². The van der Waals surface area contributed by atoms with E-state index in [4.69, 9.17) is 10.2 Å². The number of allylic oxidation sites excluding steroid dienone is 4. The van der Waals surface area contributed by atoms with Gasteiger partial charge in [-0.15, -0.1) is 0 Å². The lowest BCUT2D eigenvalue weighted by atomic mass is 9.47. The summed E-state index contributed by atoms with van der Waals surface area (Å²) in [5.74, 6) is 0.888. The van der Waals surface area contributed by atoms with Crippen molar-refractivity contribution in [2.45, 2.75) is 79.2 Å². The maximum Gasteiger partial charge on any atom is 0.309 e. The van der Waals surface area contributed by atoms with E-state index in [1.807, 2.05) is 6.92 Å². The Labute approximate surface area is 164 Å². The third-order valence-corrected chi connectivity index (χ3v) is 7.33. The van der Waals surface area contributed by atoms with E-state index in [9.17, 15) is 9.90 Å². The topological polar surface area (TPSA) is 77.8 Å². The number of aliphatic carboxylic acids is 1. The van der Waals surface area contributed by atoms with Crippen molar-refractivity contribution in [3.8, 4) is 0 Å². The van der Waals surface area contributed by atoms with E-state index < -0.39 is 17.5 Å². The van der Waals surface area contributed by atoms with Gasteiger partial charge in [0.15, 0.2) is 0 Å². The molecule has 5 atom stereocenters. The minimum Gasteiger partial charge on any atom is -0.481 e. The first-order valence-electron chi connectivity index (χ1n) is 10.5. The highest BCUT2D eigenvalue weighted by Gasteiger charge is 2.57. The van der Waals surface area contributed by atoms with E-state index in [0.717, 1.165) is 19.3 Å². The summed E-state index contributed by atoms with van der Waals surface area (Å²) in [5.41, 5.74) is 2.69. The van der Waals surface area contributed by atoms with E-state index in [0.29, 0.717) is 11.8 Å². The van der Waals surface area contributed by atoms with E-state index in [2.05, 4.69) is 32.9 Å². The van der Waals surface area contributed by atoms with Crippen LogP contribution in [0.25, 0.3) is 0 Å². The van der Waals surface area contributed by atoms with Crippen molar-refractivity contribution in [3.63, 3.8) is 0 Å². The van der Waals surface area contributed by atoms with Gasteiger partial charge >= 0.3 is 5.97 Å². The maximum atomic E-state index is 11.9. The monoisotopic (exact) mass is 378 g/mol. The molecule has 0 aromatic carbocycles. The molecule has 3 N–H and O–H groups in total. The van der Waals surface area contributed by atoms with Crippen LogP contribution >= 0.6 is 0 Å². The Morgan fingerprint density at radius 3 is 2.41 bits per heavy atom. The smallest absolute Gasteiger partial charge is 0.309 e. The van der Waals surface area contributed by atoms with Gasteiger partial charge in [-0.1, -0.05) is 44.9 Å². The summed E-state index contributed by atoms with van der Waals surface area (Å²) in [6.45, 7) is 10.3. The highest BCUT2D eigenvalue weighted by molar-refractivity contribution is 5.75. The number of aliphatic hydroxyl groups excluding tert-OH is 2. The lowest BCUT2D eigenvalue weighted by Gasteiger charge is -2.57. The zero-order valence-electron chi connectivity index (χ0n) is 17.7. The SMILES string of the molecule is CC(C)C1=CC2=CCC3[C@](C)(C(=O)O)CCC[C@]3(C)[C@H]2CC1.CC(O)CO. The third kappa shape index (κ3) is 4.32. The van der Waals surface area contributed by atoms with Crippen LogP contribution < -0.4 is 0 Å². The summed E-state index contributed by atoms with van der Waals surface area (Å²) in [6.07, 6.45) is 10.7. The number of hydrogen-bond donors (Lipinski definition) is 3. The zero-order valence-corrected chi connectivity index (χ0v) is 17.7. The van der Waals surface area contributed by atoms with Gasteiger partial charge in [-0.2, -0.15) is 0 Å². The summed E-state index contributed by atoms with van der Waals surface area (Å²) < 4.78 is 0. The molecule has 0 aromatic heterocycles. The lowest BCUT2D eigenvalue weighted by molar-refractivity contribution is -0.162. The van der Waals surface area contributed by atoms with Crippen molar-refractivity contribution >= 4 is 5.97 Å². The molecule has 0 heterocycles. The molecule has 27 heavy (non-hydrogen) atoms. The Morgan fingerprint density at radius 1 is 1.26 bits per heavy atom. The fourth-order valence-corrected chi connectivity index (χ4v) is 5.60. The van der Waals surface area contributed by atoms with Crippen molar-refractivity contribution < 1.29 is 20.1 Å². The van der Waals surface area contributed by atoms with Gasteiger partial charge in [-0.25, -0.2) is 0 Å². The summed E-state index contributed by atoms with van der Waals surface area (Å²) >= 11 is 0. The van der Waals surface area contributed by atoms with Crippen LogP contribution in [0.4, 0.5) is 0 Å². The molecule has 4 nitrogen and oxygen atoms in total. The summed E-state index contributed by atoms with van der Waals surface area (Å²) in [7, 11) is 0. The Bertz CT molecular complexity index is 603. The number of carbonyl (C=O) groups is 1. The Balaban J connectivity index is 0.000000465. The second kappa shape index (κ2) is 8.48. The second-order valence-electron chi connectivity index (χ2n) is 9.57. The zero-order chi connectivity index (χ0) is 20.4. The number of rotatable bonds is 3. The number of aliphatic hydroxyl groups is 2. The molecule has 3 aliphatic carbocycles. The fourth-order valence-electron chi connectivity index (χ4n) is 5.60. The van der Waals surface area contributed by atoms with Crippen LogP contribution in [-0.2, 0) is 4.79 Å². The second-order valence-corrected chi connectivity index (χ2v) is 9.57. The molecule has 0 aliphatic heterocycles. The minimum absolute atomic E-state index is 0.139. The summed E-state index contributed by atoms with van der Waals surface area (Å²) in [4.78, 5) is 11.9. The van der Waals surface area contributed by atoms with Gasteiger partial charge < -0.3 is 15.3 Å². The number of hydrogen-bond acceptors (Lipinski definition) is 3. The van der Waals surface area contributed by atoms with Gasteiger partial charge in [0, 0.05) is 0 Å². The van der Waals surface area contributed by atoms with Crippen LogP contribution in [0.5, 0.6) is 0 Å². The van der Waals surface area contributed by atoms with Crippen molar-refractivity contribution in [1.29, 1.82) is 0 Å². The number of carboxylic acid groups (broad SMARTS) is 1. The Hall–Kier alpha value is -1.13. The first-order chi connectivity index (χ1) is 12.6. The molecule has 154 valence electrons. The molecular formula is C23H38O4. The normalized spacial score (nSPS) is 36.4. The highest BCUT2D eigenvalue weighted by atomic mass is 16.4. The molecule has 0 spiro atoms. The first kappa shape index (κ1) is 22.2. The number of carboxylic acids is 1. The predicted octanol–water partition coefficient (Wildman–Crippen LogP) is 4.57. The predicted molar refractivity (Wildman–Crippen MR) is 108 cm³/mol. The van der Waals surface area contributed by atoms with E-state index >= 15 is 0 Å². The molecular weight excluding hydrogens is 340 g/mol. The Morgan fingerprint density at radius 2 is 1.89 bits per heavy atom. The van der Waals surface area contributed by atoms with Gasteiger partial charge in [-0.05, 0) is 74.7 Å². The van der Waals surface area contributed by atoms with Crippen molar-refractivity contribution in [2.75, 3.05) is 6.61 Å². The molecule has 4 heteroatoms. The van der Waals surface area contributed by atoms with E-state index in [1.165, 1.54) is 31.8 Å². The van der Waals surface area contributed by atoms with E-state index in [1.54, 1.807) is 5.57 Å². The highest BCUT2D eigenvalue weighted by Crippen LogP contribution is 2.62. The molecule has 2 unspecified atom stereocenters. The molecule has 3 aliphatic rings. The third-order valence-electron chi connectivity index (χ3n) is 7.33. The molecule has 1 fully saturated rings. The van der Waals surface area contributed by atoms with Crippen molar-refractivity contribution in [2.24, 2.45) is 28.6 Å². The minimum atomic E-state index is -0.588. The average molecular weight is 379 g/mol. The first-order valence-corrected chi connectivity index (χ1v) is 10.5. The standard InChI is InChI=1S/C20H30O2.C3H8O2/c1-13(2)14-6-8-16-15(12-14)7-9-17-19(16,3)10-5-11-20(17,4)18(21)22;1-3(5)2-4/h7,12-13,16-17H,5-6,8-11H2,1-4H3,(H,21,22);3-5H,2H2,1H3/t16-,17?,19+,20+;/m0./s1. The van der Waals surface area contributed by atoms with Crippen LogP contribution in [0, 0.1) is 28.6 Å². The molecule has 0 bridgehead atoms. The van der Waals surface area contributed by atoms with Gasteiger partial charge in [0.1, 0.15) is 0 Å². The lowest BCUT2D eigenvalue weighted by Crippen LogP contribution is -2.53. The molecule has 0 saturated heterocycles.